The number of methoxy groups -OCH3 is 2. The van der Waals surface area contributed by atoms with Gasteiger partial charge in [-0.1, -0.05) is 36.4 Å². The Kier molecular flexibility index (Phi) is 5.77. The molecule has 4 heteroatoms. The third kappa shape index (κ3) is 4.67. The summed E-state index contributed by atoms with van der Waals surface area (Å²) in [5.74, 6) is 1.77. The van der Waals surface area contributed by atoms with E-state index in [1.54, 1.807) is 14.2 Å². The zero-order chi connectivity index (χ0) is 19.2. The van der Waals surface area contributed by atoms with Gasteiger partial charge in [-0.15, -0.1) is 0 Å². The molecule has 0 unspecified atom stereocenters. The Morgan fingerprint density at radius 1 is 0.741 bits per heavy atom. The number of benzene rings is 2. The fourth-order valence-corrected chi connectivity index (χ4v) is 2.77. The van der Waals surface area contributed by atoms with Gasteiger partial charge in [-0.25, -0.2) is 0 Å². The molecule has 0 amide bonds. The number of hydrogen-bond donors (Lipinski definition) is 1. The van der Waals surface area contributed by atoms with Gasteiger partial charge in [-0.3, -0.25) is 5.10 Å². The van der Waals surface area contributed by atoms with Crippen molar-refractivity contribution in [2.75, 3.05) is 14.2 Å². The standard InChI is InChI=1S/C23H24N2O2/c1-16-5-7-18(13-22(16)26-3)9-11-20-15-21(25-24-20)12-10-19-8-6-17(2)23(14-19)27-4/h5-15H,1-4H3,(H,24,25)/b11-9+,12-10+. The summed E-state index contributed by atoms with van der Waals surface area (Å²) in [5, 5.41) is 7.37. The molecule has 0 aliphatic carbocycles. The smallest absolute Gasteiger partial charge is 0.122 e. The molecule has 1 heterocycles. The molecule has 27 heavy (non-hydrogen) atoms. The van der Waals surface area contributed by atoms with Crippen LogP contribution in [0.25, 0.3) is 24.3 Å². The second kappa shape index (κ2) is 8.41. The van der Waals surface area contributed by atoms with E-state index in [9.17, 15) is 0 Å². The molecule has 0 spiro atoms. The van der Waals surface area contributed by atoms with Gasteiger partial charge in [0.1, 0.15) is 11.5 Å². The van der Waals surface area contributed by atoms with Gasteiger partial charge in [-0.2, -0.15) is 5.10 Å². The zero-order valence-corrected chi connectivity index (χ0v) is 16.1. The van der Waals surface area contributed by atoms with E-state index in [2.05, 4.69) is 28.4 Å². The maximum atomic E-state index is 5.37. The number of H-pyrrole nitrogens is 1. The normalized spacial score (nSPS) is 11.4. The molecule has 0 saturated heterocycles. The molecule has 138 valence electrons. The van der Waals surface area contributed by atoms with Crippen LogP contribution in [0, 0.1) is 13.8 Å². The van der Waals surface area contributed by atoms with Crippen molar-refractivity contribution in [2.24, 2.45) is 0 Å². The lowest BCUT2D eigenvalue weighted by atomic mass is 10.1. The second-order valence-corrected chi connectivity index (χ2v) is 6.37. The molecule has 1 aromatic heterocycles. The predicted octanol–water partition coefficient (Wildman–Crippen LogP) is 5.38. The molecule has 1 N–H and O–H groups in total. The molecule has 4 nitrogen and oxygen atoms in total. The van der Waals surface area contributed by atoms with Crippen LogP contribution in [0.2, 0.25) is 0 Å². The van der Waals surface area contributed by atoms with E-state index in [0.717, 1.165) is 45.1 Å². The fraction of sp³-hybridized carbons (Fsp3) is 0.174. The highest BCUT2D eigenvalue weighted by Crippen LogP contribution is 2.21. The number of aromatic nitrogens is 2. The van der Waals surface area contributed by atoms with E-state index >= 15 is 0 Å². The molecule has 0 bridgehead atoms. The number of hydrogen-bond acceptors (Lipinski definition) is 3. The first kappa shape index (κ1) is 18.5. The minimum Gasteiger partial charge on any atom is -0.496 e. The van der Waals surface area contributed by atoms with Crippen LogP contribution in [-0.4, -0.2) is 24.4 Å². The minimum atomic E-state index is 0.871. The van der Waals surface area contributed by atoms with Crippen molar-refractivity contribution in [1.29, 1.82) is 0 Å². The average molecular weight is 360 g/mol. The highest BCUT2D eigenvalue weighted by atomic mass is 16.5. The summed E-state index contributed by atoms with van der Waals surface area (Å²) in [5.41, 5.74) is 6.21. The maximum Gasteiger partial charge on any atom is 0.122 e. The molecule has 0 radical (unpaired) electrons. The Morgan fingerprint density at radius 2 is 1.30 bits per heavy atom. The SMILES string of the molecule is COc1cc(/C=C/c2cc(/C=C/c3ccc(C)c(OC)c3)[nH]n2)ccc1C. The van der Waals surface area contributed by atoms with Gasteiger partial charge < -0.3 is 9.47 Å². The van der Waals surface area contributed by atoms with Crippen molar-refractivity contribution >= 4 is 24.3 Å². The van der Waals surface area contributed by atoms with Gasteiger partial charge in [0.05, 0.1) is 25.6 Å². The fourth-order valence-electron chi connectivity index (χ4n) is 2.77. The Labute approximate surface area is 160 Å². The van der Waals surface area contributed by atoms with Gasteiger partial charge in [-0.05, 0) is 66.5 Å². The third-order valence-corrected chi connectivity index (χ3v) is 4.38. The third-order valence-electron chi connectivity index (χ3n) is 4.38. The molecule has 0 saturated carbocycles. The quantitative estimate of drug-likeness (QED) is 0.641. The van der Waals surface area contributed by atoms with E-state index in [4.69, 9.17) is 9.47 Å². The van der Waals surface area contributed by atoms with E-state index in [0.29, 0.717) is 0 Å². The Morgan fingerprint density at radius 3 is 1.85 bits per heavy atom. The van der Waals surface area contributed by atoms with Crippen LogP contribution in [0.5, 0.6) is 11.5 Å². The predicted molar refractivity (Wildman–Crippen MR) is 112 cm³/mol. The monoisotopic (exact) mass is 360 g/mol. The van der Waals surface area contributed by atoms with Crippen molar-refractivity contribution in [3.05, 3.63) is 76.1 Å². The van der Waals surface area contributed by atoms with Gasteiger partial charge in [0.2, 0.25) is 0 Å². The van der Waals surface area contributed by atoms with Crippen LogP contribution < -0.4 is 9.47 Å². The lowest BCUT2D eigenvalue weighted by Gasteiger charge is -2.04. The van der Waals surface area contributed by atoms with Crippen LogP contribution in [0.1, 0.15) is 33.6 Å². The van der Waals surface area contributed by atoms with E-state index in [1.165, 1.54) is 0 Å². The Balaban J connectivity index is 1.71. The van der Waals surface area contributed by atoms with Crippen LogP contribution in [0.15, 0.2) is 42.5 Å². The summed E-state index contributed by atoms with van der Waals surface area (Å²) in [4.78, 5) is 0. The van der Waals surface area contributed by atoms with Crippen molar-refractivity contribution < 1.29 is 9.47 Å². The molecule has 3 rings (SSSR count). The Bertz CT molecular complexity index is 906. The molecule has 2 aromatic carbocycles. The molecular weight excluding hydrogens is 336 g/mol. The molecule has 0 fully saturated rings. The van der Waals surface area contributed by atoms with Crippen molar-refractivity contribution in [2.45, 2.75) is 13.8 Å². The second-order valence-electron chi connectivity index (χ2n) is 6.37. The van der Waals surface area contributed by atoms with Crippen molar-refractivity contribution in [3.8, 4) is 11.5 Å². The van der Waals surface area contributed by atoms with E-state index in [1.807, 2.05) is 62.4 Å². The van der Waals surface area contributed by atoms with E-state index in [-0.39, 0.29) is 0 Å². The first-order valence-corrected chi connectivity index (χ1v) is 8.80. The van der Waals surface area contributed by atoms with Crippen molar-refractivity contribution in [3.63, 3.8) is 0 Å². The van der Waals surface area contributed by atoms with Crippen LogP contribution in [0.4, 0.5) is 0 Å². The van der Waals surface area contributed by atoms with Crippen LogP contribution in [0.3, 0.4) is 0 Å². The number of aromatic amines is 1. The first-order valence-electron chi connectivity index (χ1n) is 8.80. The van der Waals surface area contributed by atoms with Crippen molar-refractivity contribution in [1.82, 2.24) is 10.2 Å². The van der Waals surface area contributed by atoms with Gasteiger partial charge >= 0.3 is 0 Å². The lowest BCUT2D eigenvalue weighted by Crippen LogP contribution is -1.87. The highest BCUT2D eigenvalue weighted by Gasteiger charge is 2.00. The molecular formula is C23H24N2O2. The summed E-state index contributed by atoms with van der Waals surface area (Å²) in [6.07, 6.45) is 8.04. The van der Waals surface area contributed by atoms with Gasteiger partial charge in [0.15, 0.2) is 0 Å². The number of aryl methyl sites for hydroxylation is 2. The largest absolute Gasteiger partial charge is 0.496 e. The number of nitrogens with zero attached hydrogens (tertiary/aromatic N) is 1. The van der Waals surface area contributed by atoms with Crippen LogP contribution in [-0.2, 0) is 0 Å². The number of nitrogens with one attached hydrogen (secondary N) is 1. The first-order chi connectivity index (χ1) is 13.1. The Hall–Kier alpha value is -3.27. The summed E-state index contributed by atoms with van der Waals surface area (Å²) >= 11 is 0. The van der Waals surface area contributed by atoms with Gasteiger partial charge in [0, 0.05) is 0 Å². The average Bonchev–Trinajstić information content (AvgIpc) is 3.14. The highest BCUT2D eigenvalue weighted by molar-refractivity contribution is 5.73. The van der Waals surface area contributed by atoms with Gasteiger partial charge in [0.25, 0.3) is 0 Å². The number of ether oxygens (including phenoxy) is 2. The summed E-state index contributed by atoms with van der Waals surface area (Å²) in [6, 6.07) is 14.3. The van der Waals surface area contributed by atoms with E-state index < -0.39 is 0 Å². The topological polar surface area (TPSA) is 47.1 Å². The van der Waals surface area contributed by atoms with Crippen LogP contribution >= 0.6 is 0 Å². The molecule has 0 atom stereocenters. The molecule has 0 aliphatic rings. The summed E-state index contributed by atoms with van der Waals surface area (Å²) < 4.78 is 10.7. The minimum absolute atomic E-state index is 0.871. The maximum absolute atomic E-state index is 5.37. The number of rotatable bonds is 6. The molecule has 0 aliphatic heterocycles. The lowest BCUT2D eigenvalue weighted by molar-refractivity contribution is 0.411. The summed E-state index contributed by atoms with van der Waals surface area (Å²) in [7, 11) is 3.37. The summed E-state index contributed by atoms with van der Waals surface area (Å²) in [6.45, 7) is 4.06. The molecule has 3 aromatic rings. The zero-order valence-electron chi connectivity index (χ0n) is 16.1.